The number of H-pyrrole nitrogens is 1. The van der Waals surface area contributed by atoms with Gasteiger partial charge in [-0.15, -0.1) is 0 Å². The minimum Gasteiger partial charge on any atom is -0.338 e. The highest BCUT2D eigenvalue weighted by atomic mass is 16.2. The average Bonchev–Trinajstić information content (AvgIpc) is 2.41. The molecule has 0 aliphatic rings. The van der Waals surface area contributed by atoms with Gasteiger partial charge >= 0.3 is 6.03 Å². The fourth-order valence-corrected chi connectivity index (χ4v) is 2.36. The van der Waals surface area contributed by atoms with Crippen molar-refractivity contribution in [3.05, 3.63) is 22.1 Å². The van der Waals surface area contributed by atoms with E-state index in [0.717, 1.165) is 24.0 Å². The molecule has 8 heteroatoms. The standard InChI is InChI=1S/C16H30N6O2/c1-13-12-14(23)19-15(18-13)20-16(24)17-8-6-9-21(2)10-7-11-22(3,4)5/h12H,6-11H2,1-5H3,(H2-,17,18,19,20,23,24)/p+2. The summed E-state index contributed by atoms with van der Waals surface area (Å²) in [7, 11) is 8.79. The van der Waals surface area contributed by atoms with Crippen LogP contribution in [0, 0.1) is 6.92 Å². The molecule has 2 amide bonds. The normalized spacial score (nSPS) is 12.7. The van der Waals surface area contributed by atoms with Crippen LogP contribution >= 0.6 is 0 Å². The molecule has 1 heterocycles. The second-order valence-corrected chi connectivity index (χ2v) is 7.29. The number of amides is 2. The molecule has 0 fully saturated rings. The summed E-state index contributed by atoms with van der Waals surface area (Å²) in [5, 5.41) is 5.31. The Hall–Kier alpha value is -1.93. The van der Waals surface area contributed by atoms with Crippen LogP contribution in [0.15, 0.2) is 10.9 Å². The summed E-state index contributed by atoms with van der Waals surface area (Å²) >= 11 is 0. The van der Waals surface area contributed by atoms with E-state index < -0.39 is 0 Å². The molecule has 0 spiro atoms. The van der Waals surface area contributed by atoms with E-state index in [-0.39, 0.29) is 17.5 Å². The molecule has 0 saturated carbocycles. The molecule has 1 rings (SSSR count). The number of hydrogen-bond donors (Lipinski definition) is 4. The number of aryl methyl sites for hydroxylation is 1. The maximum atomic E-state index is 11.8. The van der Waals surface area contributed by atoms with Gasteiger partial charge in [0.25, 0.3) is 5.56 Å². The van der Waals surface area contributed by atoms with Gasteiger partial charge in [-0.25, -0.2) is 9.78 Å². The van der Waals surface area contributed by atoms with Gasteiger partial charge in [-0.05, 0) is 6.92 Å². The van der Waals surface area contributed by atoms with E-state index in [1.165, 1.54) is 23.9 Å². The Morgan fingerprint density at radius 2 is 1.96 bits per heavy atom. The second kappa shape index (κ2) is 9.39. The average molecular weight is 340 g/mol. The van der Waals surface area contributed by atoms with Gasteiger partial charge in [0.15, 0.2) is 0 Å². The van der Waals surface area contributed by atoms with Crippen molar-refractivity contribution < 1.29 is 14.2 Å². The zero-order valence-electron chi connectivity index (χ0n) is 15.5. The third-order valence-electron chi connectivity index (χ3n) is 3.60. The number of nitrogens with zero attached hydrogens (tertiary/aromatic N) is 2. The predicted molar refractivity (Wildman–Crippen MR) is 95.4 cm³/mol. The Morgan fingerprint density at radius 3 is 2.58 bits per heavy atom. The van der Waals surface area contributed by atoms with Crippen LogP contribution in [0.1, 0.15) is 18.5 Å². The van der Waals surface area contributed by atoms with Crippen molar-refractivity contribution in [3.8, 4) is 0 Å². The number of aromatic amines is 1. The van der Waals surface area contributed by atoms with E-state index in [0.29, 0.717) is 12.2 Å². The number of aromatic nitrogens is 2. The van der Waals surface area contributed by atoms with Crippen LogP contribution in [0.3, 0.4) is 0 Å². The van der Waals surface area contributed by atoms with Gasteiger partial charge in [0.1, 0.15) is 0 Å². The quantitative estimate of drug-likeness (QED) is 0.350. The lowest BCUT2D eigenvalue weighted by molar-refractivity contribution is -0.895. The van der Waals surface area contributed by atoms with Crippen LogP contribution in [0.25, 0.3) is 0 Å². The summed E-state index contributed by atoms with van der Waals surface area (Å²) in [6.07, 6.45) is 2.09. The van der Waals surface area contributed by atoms with Crippen molar-refractivity contribution in [3.63, 3.8) is 0 Å². The highest BCUT2D eigenvalue weighted by Crippen LogP contribution is 1.95. The highest BCUT2D eigenvalue weighted by molar-refractivity contribution is 5.87. The van der Waals surface area contributed by atoms with Crippen LogP contribution in [0.5, 0.6) is 0 Å². The van der Waals surface area contributed by atoms with Crippen molar-refractivity contribution in [1.29, 1.82) is 0 Å². The number of quaternary nitrogens is 2. The molecule has 136 valence electrons. The molecule has 24 heavy (non-hydrogen) atoms. The summed E-state index contributed by atoms with van der Waals surface area (Å²) in [5.74, 6) is 0.167. The smallest absolute Gasteiger partial charge is 0.321 e. The van der Waals surface area contributed by atoms with Crippen molar-refractivity contribution in [2.45, 2.75) is 19.8 Å². The molecule has 4 N–H and O–H groups in total. The number of anilines is 1. The van der Waals surface area contributed by atoms with E-state index in [1.807, 2.05) is 0 Å². The Labute approximate surface area is 143 Å². The zero-order valence-corrected chi connectivity index (χ0v) is 15.5. The minimum absolute atomic E-state index is 0.167. The van der Waals surface area contributed by atoms with Crippen molar-refractivity contribution >= 4 is 12.0 Å². The van der Waals surface area contributed by atoms with E-state index >= 15 is 0 Å². The summed E-state index contributed by atoms with van der Waals surface area (Å²) < 4.78 is 0.990. The molecule has 0 aliphatic heterocycles. The number of hydrogen-bond acceptors (Lipinski definition) is 3. The first-order valence-electron chi connectivity index (χ1n) is 8.40. The molecule has 0 radical (unpaired) electrons. The fraction of sp³-hybridized carbons (Fsp3) is 0.688. The van der Waals surface area contributed by atoms with Crippen molar-refractivity contribution in [1.82, 2.24) is 15.3 Å². The van der Waals surface area contributed by atoms with Crippen molar-refractivity contribution in [2.75, 3.05) is 59.7 Å². The second-order valence-electron chi connectivity index (χ2n) is 7.29. The first-order valence-corrected chi connectivity index (χ1v) is 8.40. The first-order chi connectivity index (χ1) is 11.2. The van der Waals surface area contributed by atoms with Crippen LogP contribution < -0.4 is 21.1 Å². The molecule has 8 nitrogen and oxygen atoms in total. The Morgan fingerprint density at radius 1 is 1.29 bits per heavy atom. The molecule has 1 aromatic heterocycles. The van der Waals surface area contributed by atoms with Crippen LogP contribution in [0.2, 0.25) is 0 Å². The monoisotopic (exact) mass is 340 g/mol. The summed E-state index contributed by atoms with van der Waals surface area (Å²) in [5.41, 5.74) is 0.282. The lowest BCUT2D eigenvalue weighted by Crippen LogP contribution is -3.09. The third-order valence-corrected chi connectivity index (χ3v) is 3.60. The molecule has 1 unspecified atom stereocenters. The lowest BCUT2D eigenvalue weighted by atomic mass is 10.3. The largest absolute Gasteiger partial charge is 0.338 e. The summed E-state index contributed by atoms with van der Waals surface area (Å²) in [4.78, 5) is 31.1. The molecule has 0 bridgehead atoms. The molecule has 0 aromatic carbocycles. The van der Waals surface area contributed by atoms with Gasteiger partial charge in [0, 0.05) is 31.1 Å². The van der Waals surface area contributed by atoms with Gasteiger partial charge in [0.2, 0.25) is 5.95 Å². The van der Waals surface area contributed by atoms with Crippen LogP contribution in [0.4, 0.5) is 10.7 Å². The van der Waals surface area contributed by atoms with E-state index in [9.17, 15) is 9.59 Å². The van der Waals surface area contributed by atoms with Gasteiger partial charge < -0.3 is 14.7 Å². The van der Waals surface area contributed by atoms with Gasteiger partial charge in [0.05, 0.1) is 47.8 Å². The van der Waals surface area contributed by atoms with Crippen LogP contribution in [-0.2, 0) is 0 Å². The number of carbonyl (C=O) groups is 1. The number of carbonyl (C=O) groups excluding carboxylic acids is 1. The Balaban J connectivity index is 2.18. The first kappa shape index (κ1) is 20.1. The minimum atomic E-state index is -0.355. The Kier molecular flexibility index (Phi) is 7.87. The van der Waals surface area contributed by atoms with E-state index in [2.05, 4.69) is 48.8 Å². The Bertz CT molecular complexity index is 579. The number of rotatable bonds is 9. The summed E-state index contributed by atoms with van der Waals surface area (Å²) in [6, 6.07) is 1.02. The maximum Gasteiger partial charge on any atom is 0.321 e. The van der Waals surface area contributed by atoms with E-state index in [4.69, 9.17) is 0 Å². The van der Waals surface area contributed by atoms with Crippen LogP contribution in [-0.4, -0.2) is 74.9 Å². The maximum absolute atomic E-state index is 11.8. The lowest BCUT2D eigenvalue weighted by Gasteiger charge is -2.24. The molecule has 0 saturated heterocycles. The SMILES string of the molecule is Cc1cc(=O)[nH]c(NC(=O)NCCC[NH+](C)CCC[N+](C)(C)C)n1. The predicted octanol–water partition coefficient (Wildman–Crippen LogP) is -0.799. The molecule has 1 atom stereocenters. The zero-order chi connectivity index (χ0) is 18.2. The number of urea groups is 1. The van der Waals surface area contributed by atoms with Crippen molar-refractivity contribution in [2.24, 2.45) is 0 Å². The van der Waals surface area contributed by atoms with Gasteiger partial charge in [-0.3, -0.25) is 15.1 Å². The highest BCUT2D eigenvalue weighted by Gasteiger charge is 2.09. The molecule has 1 aromatic rings. The topological polar surface area (TPSA) is 91.3 Å². The molecule has 0 aliphatic carbocycles. The molecular formula is C16H32N6O2+2. The molecular weight excluding hydrogens is 308 g/mol. The van der Waals surface area contributed by atoms with Gasteiger partial charge in [-0.1, -0.05) is 0 Å². The van der Waals surface area contributed by atoms with Gasteiger partial charge in [-0.2, -0.15) is 0 Å². The summed E-state index contributed by atoms with van der Waals surface area (Å²) in [6.45, 7) is 5.61. The fourth-order valence-electron chi connectivity index (χ4n) is 2.36. The number of nitrogens with one attached hydrogen (secondary N) is 4. The third kappa shape index (κ3) is 9.26. The van der Waals surface area contributed by atoms with E-state index in [1.54, 1.807) is 6.92 Å².